The van der Waals surface area contributed by atoms with Crippen molar-refractivity contribution >= 4 is 17.5 Å². The summed E-state index contributed by atoms with van der Waals surface area (Å²) < 4.78 is 53.8. The van der Waals surface area contributed by atoms with Crippen LogP contribution in [0, 0.1) is 0 Å². The maximum atomic E-state index is 12.7. The first kappa shape index (κ1) is 17.4. The van der Waals surface area contributed by atoms with E-state index in [0.717, 1.165) is 17.3 Å². The molecule has 1 aromatic rings. The smallest absolute Gasteiger partial charge is 0.340 e. The molecule has 21 heavy (non-hydrogen) atoms. The maximum Gasteiger partial charge on any atom is 0.340 e. The van der Waals surface area contributed by atoms with Crippen LogP contribution in [-0.2, 0) is 4.84 Å². The largest absolute Gasteiger partial charge is 0.470 e. The third-order valence-corrected chi connectivity index (χ3v) is 2.61. The maximum absolute atomic E-state index is 12.7. The molecule has 1 rings (SSSR count). The molecule has 0 atom stereocenters. The van der Waals surface area contributed by atoms with E-state index >= 15 is 0 Å². The minimum absolute atomic E-state index is 0.0114. The summed E-state index contributed by atoms with van der Waals surface area (Å²) in [4.78, 5) is 19.9. The van der Waals surface area contributed by atoms with Gasteiger partial charge in [-0.2, -0.15) is 8.78 Å². The number of halogens is 5. The highest BCUT2D eigenvalue weighted by Gasteiger charge is 2.42. The lowest BCUT2D eigenvalue weighted by atomic mass is 10.2. The molecule has 1 heterocycles. The van der Waals surface area contributed by atoms with E-state index in [1.54, 1.807) is 0 Å². The van der Waals surface area contributed by atoms with E-state index < -0.39 is 30.7 Å². The Morgan fingerprint density at radius 2 is 2.14 bits per heavy atom. The molecule has 0 aromatic carbocycles. The van der Waals surface area contributed by atoms with Gasteiger partial charge in [0.25, 0.3) is 5.91 Å². The standard InChI is InChI=1S/C11H11ClF4N2O3/c1-18(20-2)9(19)6-3-7(12)8(17-4-6)21-5-11(15,16)10(13)14/h3-4,10H,5H2,1-2H3. The van der Waals surface area contributed by atoms with Crippen molar-refractivity contribution < 1.29 is 31.9 Å². The number of ether oxygens (including phenoxy) is 1. The fourth-order valence-electron chi connectivity index (χ4n) is 1.14. The Bertz CT molecular complexity index is 516. The van der Waals surface area contributed by atoms with Gasteiger partial charge in [-0.3, -0.25) is 9.63 Å². The first-order valence-electron chi connectivity index (χ1n) is 5.45. The number of aromatic nitrogens is 1. The number of hydrogen-bond acceptors (Lipinski definition) is 4. The zero-order valence-corrected chi connectivity index (χ0v) is 11.7. The van der Waals surface area contributed by atoms with Crippen molar-refractivity contribution in [3.63, 3.8) is 0 Å². The van der Waals surface area contributed by atoms with Gasteiger partial charge in [-0.25, -0.2) is 18.8 Å². The van der Waals surface area contributed by atoms with Gasteiger partial charge >= 0.3 is 12.3 Å². The molecule has 118 valence electrons. The van der Waals surface area contributed by atoms with Gasteiger partial charge in [0.05, 0.1) is 12.7 Å². The van der Waals surface area contributed by atoms with E-state index in [1.807, 2.05) is 0 Å². The predicted octanol–water partition coefficient (Wildman–Crippen LogP) is 2.65. The molecule has 0 spiro atoms. The van der Waals surface area contributed by atoms with Gasteiger partial charge in [0.15, 0.2) is 6.61 Å². The first-order chi connectivity index (χ1) is 9.69. The number of hydrogen-bond donors (Lipinski definition) is 0. The molecular weight excluding hydrogens is 320 g/mol. The van der Waals surface area contributed by atoms with Crippen LogP contribution >= 0.6 is 11.6 Å². The second-order valence-corrected chi connectivity index (χ2v) is 4.25. The van der Waals surface area contributed by atoms with Crippen LogP contribution < -0.4 is 4.74 Å². The van der Waals surface area contributed by atoms with Crippen LogP contribution in [0.4, 0.5) is 17.6 Å². The number of amides is 1. The van der Waals surface area contributed by atoms with Gasteiger partial charge in [-0.1, -0.05) is 11.6 Å². The topological polar surface area (TPSA) is 51.7 Å². The van der Waals surface area contributed by atoms with Crippen molar-refractivity contribution in [2.45, 2.75) is 12.3 Å². The highest BCUT2D eigenvalue weighted by atomic mass is 35.5. The molecule has 0 saturated heterocycles. The van der Waals surface area contributed by atoms with Crippen molar-refractivity contribution in [3.05, 3.63) is 22.8 Å². The van der Waals surface area contributed by atoms with Crippen LogP contribution in [0.3, 0.4) is 0 Å². The summed E-state index contributed by atoms with van der Waals surface area (Å²) in [7, 11) is 2.60. The van der Waals surface area contributed by atoms with E-state index in [1.165, 1.54) is 14.2 Å². The summed E-state index contributed by atoms with van der Waals surface area (Å²) in [6.07, 6.45) is -2.87. The van der Waals surface area contributed by atoms with Crippen molar-refractivity contribution in [3.8, 4) is 5.88 Å². The number of carbonyl (C=O) groups is 1. The van der Waals surface area contributed by atoms with Crippen LogP contribution in [0.5, 0.6) is 5.88 Å². The van der Waals surface area contributed by atoms with Crippen molar-refractivity contribution in [1.82, 2.24) is 10.0 Å². The zero-order chi connectivity index (χ0) is 16.2. The molecule has 0 unspecified atom stereocenters. The highest BCUT2D eigenvalue weighted by Crippen LogP contribution is 2.27. The lowest BCUT2D eigenvalue weighted by Gasteiger charge is -2.17. The lowest BCUT2D eigenvalue weighted by molar-refractivity contribution is -0.148. The quantitative estimate of drug-likeness (QED) is 0.594. The summed E-state index contributed by atoms with van der Waals surface area (Å²) in [5.74, 6) is -5.39. The Morgan fingerprint density at radius 1 is 1.52 bits per heavy atom. The summed E-state index contributed by atoms with van der Waals surface area (Å²) in [5.41, 5.74) is 0.0114. The second-order valence-electron chi connectivity index (χ2n) is 3.85. The molecule has 1 amide bonds. The molecule has 0 bridgehead atoms. The van der Waals surface area contributed by atoms with Crippen LogP contribution in [0.25, 0.3) is 0 Å². The molecule has 0 fully saturated rings. The van der Waals surface area contributed by atoms with Gasteiger partial charge in [-0.05, 0) is 6.07 Å². The zero-order valence-electron chi connectivity index (χ0n) is 10.9. The number of rotatable bonds is 6. The average molecular weight is 331 g/mol. The molecule has 5 nitrogen and oxygen atoms in total. The van der Waals surface area contributed by atoms with Gasteiger partial charge in [0.1, 0.15) is 5.02 Å². The SMILES string of the molecule is CON(C)C(=O)c1cnc(OCC(F)(F)C(F)F)c(Cl)c1. The Kier molecular flexibility index (Phi) is 5.73. The van der Waals surface area contributed by atoms with Crippen LogP contribution in [0.15, 0.2) is 12.3 Å². The molecule has 0 aliphatic heterocycles. The van der Waals surface area contributed by atoms with Gasteiger partial charge in [0.2, 0.25) is 5.88 Å². The molecule has 0 aliphatic carbocycles. The fourth-order valence-corrected chi connectivity index (χ4v) is 1.36. The van der Waals surface area contributed by atoms with Gasteiger partial charge in [0, 0.05) is 13.2 Å². The normalized spacial score (nSPS) is 11.6. The lowest BCUT2D eigenvalue weighted by Crippen LogP contribution is -2.34. The van der Waals surface area contributed by atoms with Crippen molar-refractivity contribution in [1.29, 1.82) is 0 Å². The summed E-state index contributed by atoms with van der Waals surface area (Å²) in [6, 6.07) is 1.10. The van der Waals surface area contributed by atoms with Crippen LogP contribution in [0.1, 0.15) is 10.4 Å². The average Bonchev–Trinajstić information content (AvgIpc) is 2.44. The number of nitrogens with zero attached hydrogens (tertiary/aromatic N) is 2. The van der Waals surface area contributed by atoms with Crippen LogP contribution in [0.2, 0.25) is 5.02 Å². The Hall–Kier alpha value is -1.61. The van der Waals surface area contributed by atoms with Crippen molar-refractivity contribution in [2.24, 2.45) is 0 Å². The van der Waals surface area contributed by atoms with E-state index in [-0.39, 0.29) is 10.6 Å². The van der Waals surface area contributed by atoms with E-state index in [2.05, 4.69) is 14.6 Å². The summed E-state index contributed by atoms with van der Waals surface area (Å²) >= 11 is 5.70. The monoisotopic (exact) mass is 330 g/mol. The number of carbonyl (C=O) groups excluding carboxylic acids is 1. The molecule has 0 radical (unpaired) electrons. The minimum atomic E-state index is -4.32. The van der Waals surface area contributed by atoms with Crippen LogP contribution in [-0.4, -0.2) is 49.1 Å². The Morgan fingerprint density at radius 3 is 2.62 bits per heavy atom. The van der Waals surface area contributed by atoms with Crippen molar-refractivity contribution in [2.75, 3.05) is 20.8 Å². The predicted molar refractivity (Wildman–Crippen MR) is 64.8 cm³/mol. The highest BCUT2D eigenvalue weighted by molar-refractivity contribution is 6.32. The third kappa shape index (κ3) is 4.43. The summed E-state index contributed by atoms with van der Waals surface area (Å²) in [5, 5.41) is 0.620. The number of hydroxylamine groups is 2. The van der Waals surface area contributed by atoms with E-state index in [0.29, 0.717) is 0 Å². The van der Waals surface area contributed by atoms with Gasteiger partial charge < -0.3 is 4.74 Å². The first-order valence-corrected chi connectivity index (χ1v) is 5.83. The van der Waals surface area contributed by atoms with E-state index in [4.69, 9.17) is 11.6 Å². The summed E-state index contributed by atoms with van der Waals surface area (Å²) in [6.45, 7) is -1.58. The molecule has 0 N–H and O–H groups in total. The number of pyridine rings is 1. The fraction of sp³-hybridized carbons (Fsp3) is 0.455. The number of alkyl halides is 4. The molecule has 0 saturated carbocycles. The Balaban J connectivity index is 2.82. The molecule has 0 aliphatic rings. The molecular formula is C11H11ClF4N2O3. The minimum Gasteiger partial charge on any atom is -0.470 e. The molecule has 1 aromatic heterocycles. The third-order valence-electron chi connectivity index (χ3n) is 2.33. The van der Waals surface area contributed by atoms with E-state index in [9.17, 15) is 22.4 Å². The molecule has 10 heteroatoms. The van der Waals surface area contributed by atoms with Gasteiger partial charge in [-0.15, -0.1) is 0 Å². The second kappa shape index (κ2) is 6.90. The Labute approximate surface area is 122 Å².